The van der Waals surface area contributed by atoms with E-state index in [2.05, 4.69) is 41.1 Å². The lowest BCUT2D eigenvalue weighted by Crippen LogP contribution is -2.14. The van der Waals surface area contributed by atoms with Gasteiger partial charge in [0.15, 0.2) is 5.16 Å². The third-order valence-corrected chi connectivity index (χ3v) is 2.28. The van der Waals surface area contributed by atoms with Crippen LogP contribution in [0.25, 0.3) is 0 Å². The predicted octanol–water partition coefficient (Wildman–Crippen LogP) is 1.06. The van der Waals surface area contributed by atoms with E-state index in [0.717, 1.165) is 0 Å². The molecule has 15 heavy (non-hydrogen) atoms. The average Bonchev–Trinajstić information content (AvgIpc) is 2.14. The molecule has 0 unspecified atom stereocenters. The van der Waals surface area contributed by atoms with Crippen LogP contribution in [0.2, 0.25) is 0 Å². The molecule has 0 atom stereocenters. The number of nitrogens with one attached hydrogen (secondary N) is 1. The lowest BCUT2D eigenvalue weighted by Gasteiger charge is -2.16. The minimum absolute atomic E-state index is 0.0260. The van der Waals surface area contributed by atoms with Crippen LogP contribution in [-0.4, -0.2) is 26.8 Å². The molecule has 1 rings (SSSR count). The monoisotopic (exact) mass is 229 g/mol. The third-order valence-electron chi connectivity index (χ3n) is 1.30. The van der Waals surface area contributed by atoms with Crippen molar-refractivity contribution in [2.45, 2.75) is 30.7 Å². The van der Waals surface area contributed by atoms with Gasteiger partial charge in [-0.25, -0.2) is 5.84 Å². The number of hydrogen-bond donors (Lipinski definition) is 2. The zero-order valence-electron chi connectivity index (χ0n) is 9.24. The molecule has 1 aromatic rings. The minimum Gasteiger partial charge on any atom is -0.467 e. The smallest absolute Gasteiger partial charge is 0.321 e. The van der Waals surface area contributed by atoms with Gasteiger partial charge in [-0.1, -0.05) is 32.5 Å². The van der Waals surface area contributed by atoms with Gasteiger partial charge >= 0.3 is 6.01 Å². The van der Waals surface area contributed by atoms with E-state index >= 15 is 0 Å². The lowest BCUT2D eigenvalue weighted by atomic mass is 10.3. The lowest BCUT2D eigenvalue weighted by molar-refractivity contribution is 0.373. The number of nitrogen functional groups attached to an aromatic ring is 1. The van der Waals surface area contributed by atoms with Gasteiger partial charge in [0.25, 0.3) is 0 Å². The van der Waals surface area contributed by atoms with Crippen LogP contribution in [-0.2, 0) is 0 Å². The number of anilines is 1. The van der Waals surface area contributed by atoms with Crippen LogP contribution < -0.4 is 16.0 Å². The maximum absolute atomic E-state index is 5.24. The first kappa shape index (κ1) is 12.0. The number of rotatable bonds is 3. The first-order valence-electron chi connectivity index (χ1n) is 4.40. The zero-order chi connectivity index (χ0) is 11.5. The topological polar surface area (TPSA) is 86.0 Å². The van der Waals surface area contributed by atoms with Gasteiger partial charge in [-0.3, -0.25) is 5.43 Å². The molecule has 0 aromatic carbocycles. The Morgan fingerprint density at radius 1 is 1.27 bits per heavy atom. The van der Waals surface area contributed by atoms with Crippen molar-refractivity contribution < 1.29 is 4.74 Å². The largest absolute Gasteiger partial charge is 0.467 e. The molecule has 1 aromatic heterocycles. The van der Waals surface area contributed by atoms with Gasteiger partial charge < -0.3 is 4.74 Å². The summed E-state index contributed by atoms with van der Waals surface area (Å²) in [6.07, 6.45) is 0. The van der Waals surface area contributed by atoms with Crippen molar-refractivity contribution in [2.24, 2.45) is 5.84 Å². The molecule has 0 aliphatic carbocycles. The Hall–Kier alpha value is -1.08. The summed E-state index contributed by atoms with van der Waals surface area (Å²) in [7, 11) is 1.50. The fourth-order valence-electron chi connectivity index (χ4n) is 0.813. The fraction of sp³-hybridized carbons (Fsp3) is 0.625. The zero-order valence-corrected chi connectivity index (χ0v) is 10.1. The average molecular weight is 229 g/mol. The molecule has 7 heteroatoms. The Bertz CT molecular complexity index is 316. The van der Waals surface area contributed by atoms with Gasteiger partial charge in [0.05, 0.1) is 7.11 Å². The van der Waals surface area contributed by atoms with E-state index in [1.165, 1.54) is 18.9 Å². The molecule has 0 saturated heterocycles. The Morgan fingerprint density at radius 2 is 1.93 bits per heavy atom. The van der Waals surface area contributed by atoms with Crippen molar-refractivity contribution in [1.29, 1.82) is 0 Å². The van der Waals surface area contributed by atoms with Crippen LogP contribution in [0.4, 0.5) is 5.95 Å². The molecule has 0 spiro atoms. The summed E-state index contributed by atoms with van der Waals surface area (Å²) in [6, 6.07) is 0.254. The van der Waals surface area contributed by atoms with E-state index in [-0.39, 0.29) is 10.8 Å². The van der Waals surface area contributed by atoms with Crippen LogP contribution in [0.5, 0.6) is 6.01 Å². The molecular weight excluding hydrogens is 214 g/mol. The number of methoxy groups -OCH3 is 1. The summed E-state index contributed by atoms with van der Waals surface area (Å²) >= 11 is 1.52. The number of nitrogens with zero attached hydrogens (tertiary/aromatic N) is 3. The Kier molecular flexibility index (Phi) is 3.70. The molecule has 6 nitrogen and oxygen atoms in total. The van der Waals surface area contributed by atoms with Crippen LogP contribution in [0.3, 0.4) is 0 Å². The summed E-state index contributed by atoms with van der Waals surface area (Å²) in [6.45, 7) is 6.22. The highest BCUT2D eigenvalue weighted by Gasteiger charge is 2.16. The molecule has 0 aliphatic heterocycles. The van der Waals surface area contributed by atoms with Crippen molar-refractivity contribution in [3.8, 4) is 6.01 Å². The summed E-state index contributed by atoms with van der Waals surface area (Å²) in [5, 5.41) is 0.585. The van der Waals surface area contributed by atoms with Gasteiger partial charge in [-0.15, -0.1) is 0 Å². The van der Waals surface area contributed by atoms with Gasteiger partial charge in [-0.05, 0) is 0 Å². The van der Waals surface area contributed by atoms with E-state index in [0.29, 0.717) is 11.1 Å². The molecule has 0 radical (unpaired) electrons. The second kappa shape index (κ2) is 4.63. The highest BCUT2D eigenvalue weighted by molar-refractivity contribution is 8.00. The van der Waals surface area contributed by atoms with Gasteiger partial charge in [0.2, 0.25) is 5.95 Å². The third kappa shape index (κ3) is 3.88. The Labute approximate surface area is 93.0 Å². The molecule has 0 bridgehead atoms. The molecule has 0 amide bonds. The fourth-order valence-corrected chi connectivity index (χ4v) is 1.62. The molecule has 0 fully saturated rings. The maximum Gasteiger partial charge on any atom is 0.321 e. The van der Waals surface area contributed by atoms with Crippen molar-refractivity contribution >= 4 is 17.7 Å². The van der Waals surface area contributed by atoms with E-state index in [9.17, 15) is 0 Å². The van der Waals surface area contributed by atoms with E-state index in [1.807, 2.05) is 0 Å². The first-order chi connectivity index (χ1) is 6.94. The normalized spacial score (nSPS) is 11.3. The highest BCUT2D eigenvalue weighted by Crippen LogP contribution is 2.30. The number of hydrazine groups is 1. The van der Waals surface area contributed by atoms with Crippen LogP contribution in [0.15, 0.2) is 5.16 Å². The second-order valence-corrected chi connectivity index (χ2v) is 5.58. The number of hydrogen-bond acceptors (Lipinski definition) is 7. The maximum atomic E-state index is 5.24. The van der Waals surface area contributed by atoms with Crippen molar-refractivity contribution in [3.05, 3.63) is 0 Å². The Balaban J connectivity index is 2.97. The first-order valence-corrected chi connectivity index (χ1v) is 5.22. The van der Waals surface area contributed by atoms with E-state index in [4.69, 9.17) is 10.6 Å². The molecular formula is C8H15N5OS. The summed E-state index contributed by atoms with van der Waals surface area (Å²) in [5.74, 6) is 5.54. The van der Waals surface area contributed by atoms with Crippen LogP contribution in [0.1, 0.15) is 20.8 Å². The van der Waals surface area contributed by atoms with Crippen molar-refractivity contribution in [2.75, 3.05) is 12.5 Å². The summed E-state index contributed by atoms with van der Waals surface area (Å²) < 4.78 is 4.97. The van der Waals surface area contributed by atoms with Gasteiger partial charge in [0.1, 0.15) is 0 Å². The standard InChI is InChI=1S/C8H15N5OS/c1-8(2,3)15-7-11-5(13-9)10-6(12-7)14-4/h9H2,1-4H3,(H,10,11,12,13). The van der Waals surface area contributed by atoms with E-state index < -0.39 is 0 Å². The number of nitrogens with two attached hydrogens (primary N) is 1. The van der Waals surface area contributed by atoms with Crippen LogP contribution >= 0.6 is 11.8 Å². The SMILES string of the molecule is COc1nc(NN)nc(SC(C)(C)C)n1. The van der Waals surface area contributed by atoms with Gasteiger partial charge in [0, 0.05) is 4.75 Å². The number of thioether (sulfide) groups is 1. The van der Waals surface area contributed by atoms with Crippen molar-refractivity contribution in [1.82, 2.24) is 15.0 Å². The molecule has 0 aliphatic rings. The Morgan fingerprint density at radius 3 is 2.40 bits per heavy atom. The van der Waals surface area contributed by atoms with Crippen molar-refractivity contribution in [3.63, 3.8) is 0 Å². The predicted molar refractivity (Wildman–Crippen MR) is 59.8 cm³/mol. The molecule has 1 heterocycles. The highest BCUT2D eigenvalue weighted by atomic mass is 32.2. The summed E-state index contributed by atoms with van der Waals surface area (Å²) in [5.41, 5.74) is 2.37. The number of ether oxygens (including phenoxy) is 1. The minimum atomic E-state index is 0.0260. The molecule has 0 saturated carbocycles. The van der Waals surface area contributed by atoms with Crippen LogP contribution in [0, 0.1) is 0 Å². The van der Waals surface area contributed by atoms with E-state index in [1.54, 1.807) is 0 Å². The summed E-state index contributed by atoms with van der Waals surface area (Å²) in [4.78, 5) is 12.1. The molecule has 3 N–H and O–H groups in total. The number of aromatic nitrogens is 3. The van der Waals surface area contributed by atoms with Gasteiger partial charge in [-0.2, -0.15) is 15.0 Å². The second-order valence-electron chi connectivity index (χ2n) is 3.79. The quantitative estimate of drug-likeness (QED) is 0.455. The molecule has 84 valence electrons.